The van der Waals surface area contributed by atoms with Crippen LogP contribution in [0.25, 0.3) is 0 Å². The molecule has 0 aliphatic carbocycles. The van der Waals surface area contributed by atoms with Crippen molar-refractivity contribution in [1.29, 1.82) is 0 Å². The fraction of sp³-hybridized carbons (Fsp3) is 0.188. The Morgan fingerprint density at radius 1 is 1.05 bits per heavy atom. The summed E-state index contributed by atoms with van der Waals surface area (Å²) < 4.78 is 0. The molecule has 1 aliphatic heterocycles. The number of halogens is 1. The van der Waals surface area contributed by atoms with Crippen molar-refractivity contribution in [1.82, 2.24) is 0 Å². The quantitative estimate of drug-likeness (QED) is 0.781. The van der Waals surface area contributed by atoms with Crippen molar-refractivity contribution in [2.45, 2.75) is 12.0 Å². The van der Waals surface area contributed by atoms with Crippen molar-refractivity contribution in [2.75, 3.05) is 6.54 Å². The van der Waals surface area contributed by atoms with Crippen molar-refractivity contribution < 1.29 is 4.79 Å². The van der Waals surface area contributed by atoms with E-state index in [2.05, 4.69) is 10.2 Å². The Bertz CT molecular complexity index is 637. The molecule has 20 heavy (non-hydrogen) atoms. The minimum Gasteiger partial charge on any atom is -0.292 e. The van der Waals surface area contributed by atoms with E-state index in [0.717, 1.165) is 5.56 Å². The van der Waals surface area contributed by atoms with E-state index in [1.165, 1.54) is 0 Å². The van der Waals surface area contributed by atoms with Gasteiger partial charge in [-0.25, -0.2) is 0 Å². The summed E-state index contributed by atoms with van der Waals surface area (Å²) in [4.78, 5) is 12.5. The smallest absolute Gasteiger partial charge is 0.189 e. The summed E-state index contributed by atoms with van der Waals surface area (Å²) in [6, 6.07) is 16.3. The molecule has 1 aliphatic rings. The molecule has 0 bridgehead atoms. The van der Waals surface area contributed by atoms with Gasteiger partial charge in [-0.1, -0.05) is 54.1 Å². The first-order valence-electron chi connectivity index (χ1n) is 6.47. The van der Waals surface area contributed by atoms with Crippen LogP contribution in [0.15, 0.2) is 64.8 Å². The second-order valence-corrected chi connectivity index (χ2v) is 5.21. The van der Waals surface area contributed by atoms with E-state index in [-0.39, 0.29) is 11.7 Å². The van der Waals surface area contributed by atoms with Gasteiger partial charge in [0.15, 0.2) is 5.78 Å². The summed E-state index contributed by atoms with van der Waals surface area (Å²) in [6.45, 7) is 0.547. The summed E-state index contributed by atoms with van der Waals surface area (Å²) in [5, 5.41) is 8.88. The van der Waals surface area contributed by atoms with Crippen molar-refractivity contribution >= 4 is 17.4 Å². The Morgan fingerprint density at radius 3 is 2.45 bits per heavy atom. The molecule has 0 saturated heterocycles. The molecule has 0 saturated carbocycles. The average Bonchev–Trinajstić information content (AvgIpc) is 2.97. The molecular weight excluding hydrogens is 272 g/mol. The number of carbonyl (C=O) groups is 1. The van der Waals surface area contributed by atoms with Crippen LogP contribution in [0.3, 0.4) is 0 Å². The van der Waals surface area contributed by atoms with Gasteiger partial charge < -0.3 is 0 Å². The molecule has 0 aromatic heterocycles. The van der Waals surface area contributed by atoms with Gasteiger partial charge in [0.1, 0.15) is 6.04 Å². The highest BCUT2D eigenvalue weighted by Gasteiger charge is 2.33. The van der Waals surface area contributed by atoms with Gasteiger partial charge in [0.05, 0.1) is 6.54 Å². The minimum atomic E-state index is -0.432. The third-order valence-corrected chi connectivity index (χ3v) is 3.74. The average molecular weight is 285 g/mol. The largest absolute Gasteiger partial charge is 0.292 e. The maximum Gasteiger partial charge on any atom is 0.189 e. The van der Waals surface area contributed by atoms with Crippen LogP contribution < -0.4 is 0 Å². The molecule has 4 heteroatoms. The standard InChI is InChI=1S/C16H13ClN2O/c17-13-8-6-11(7-9-13)14-10-18-19-15(14)16(20)12-4-2-1-3-5-12/h1-9,14-15H,10H2/t14-,15+/m0/s1. The molecule has 1 heterocycles. The topological polar surface area (TPSA) is 41.8 Å². The predicted octanol–water partition coefficient (Wildman–Crippen LogP) is 4.14. The molecule has 2 aromatic rings. The number of nitrogens with zero attached hydrogens (tertiary/aromatic N) is 2. The van der Waals surface area contributed by atoms with Crippen LogP contribution in [0.1, 0.15) is 21.8 Å². The fourth-order valence-corrected chi connectivity index (χ4v) is 2.54. The molecule has 0 fully saturated rings. The number of azo groups is 1. The Morgan fingerprint density at radius 2 is 1.75 bits per heavy atom. The lowest BCUT2D eigenvalue weighted by Crippen LogP contribution is -2.24. The molecule has 0 spiro atoms. The SMILES string of the molecule is O=C(c1ccccc1)[C@@H]1N=NC[C@H]1c1ccc(Cl)cc1. The zero-order valence-electron chi connectivity index (χ0n) is 10.7. The van der Waals surface area contributed by atoms with Gasteiger partial charge in [0.2, 0.25) is 0 Å². The summed E-state index contributed by atoms with van der Waals surface area (Å²) in [5.41, 5.74) is 1.73. The molecule has 0 amide bonds. The van der Waals surface area contributed by atoms with Crippen LogP contribution in [0.2, 0.25) is 5.02 Å². The second kappa shape index (κ2) is 5.55. The minimum absolute atomic E-state index is 0.0000252. The van der Waals surface area contributed by atoms with Crippen LogP contribution in [0, 0.1) is 0 Å². The first kappa shape index (κ1) is 13.0. The summed E-state index contributed by atoms with van der Waals surface area (Å²) in [6.07, 6.45) is 0. The van der Waals surface area contributed by atoms with Gasteiger partial charge in [-0.2, -0.15) is 10.2 Å². The van der Waals surface area contributed by atoms with E-state index in [4.69, 9.17) is 11.6 Å². The van der Waals surface area contributed by atoms with Gasteiger partial charge in [-0.3, -0.25) is 4.79 Å². The summed E-state index contributed by atoms with van der Waals surface area (Å²) >= 11 is 5.90. The third kappa shape index (κ3) is 2.49. The van der Waals surface area contributed by atoms with Crippen LogP contribution in [-0.2, 0) is 0 Å². The number of hydrogen-bond acceptors (Lipinski definition) is 3. The molecule has 0 N–H and O–H groups in total. The number of ketones is 1. The van der Waals surface area contributed by atoms with Crippen LogP contribution in [0.4, 0.5) is 0 Å². The number of Topliss-reactive ketones (excluding diaryl/α,β-unsaturated/α-hetero) is 1. The van der Waals surface area contributed by atoms with Crippen LogP contribution in [-0.4, -0.2) is 18.4 Å². The van der Waals surface area contributed by atoms with E-state index in [0.29, 0.717) is 17.1 Å². The predicted molar refractivity (Wildman–Crippen MR) is 78.5 cm³/mol. The van der Waals surface area contributed by atoms with E-state index in [9.17, 15) is 4.79 Å². The lowest BCUT2D eigenvalue weighted by Gasteiger charge is -2.15. The summed E-state index contributed by atoms with van der Waals surface area (Å²) in [5.74, 6) is 0.0202. The van der Waals surface area contributed by atoms with Crippen LogP contribution in [0.5, 0.6) is 0 Å². The normalized spacial score (nSPS) is 21.1. The molecule has 3 rings (SSSR count). The van der Waals surface area contributed by atoms with Crippen LogP contribution >= 0.6 is 11.6 Å². The lowest BCUT2D eigenvalue weighted by atomic mass is 9.88. The zero-order valence-corrected chi connectivity index (χ0v) is 11.5. The number of carbonyl (C=O) groups excluding carboxylic acids is 1. The van der Waals surface area contributed by atoms with Gasteiger partial charge in [0.25, 0.3) is 0 Å². The molecule has 2 atom stereocenters. The maximum atomic E-state index is 12.5. The molecule has 2 aromatic carbocycles. The zero-order chi connectivity index (χ0) is 13.9. The first-order valence-corrected chi connectivity index (χ1v) is 6.85. The van der Waals surface area contributed by atoms with Gasteiger partial charge >= 0.3 is 0 Å². The Kier molecular flexibility index (Phi) is 3.61. The van der Waals surface area contributed by atoms with Gasteiger partial charge in [-0.15, -0.1) is 0 Å². The van der Waals surface area contributed by atoms with E-state index in [1.807, 2.05) is 54.6 Å². The number of benzene rings is 2. The van der Waals surface area contributed by atoms with Crippen molar-refractivity contribution in [3.8, 4) is 0 Å². The molecule has 3 nitrogen and oxygen atoms in total. The Balaban J connectivity index is 1.87. The van der Waals surface area contributed by atoms with E-state index in [1.54, 1.807) is 0 Å². The second-order valence-electron chi connectivity index (χ2n) is 4.77. The Hall–Kier alpha value is -2.00. The summed E-state index contributed by atoms with van der Waals surface area (Å²) in [7, 11) is 0. The molecule has 0 unspecified atom stereocenters. The van der Waals surface area contributed by atoms with E-state index >= 15 is 0 Å². The van der Waals surface area contributed by atoms with E-state index < -0.39 is 6.04 Å². The van der Waals surface area contributed by atoms with Gasteiger partial charge in [-0.05, 0) is 17.7 Å². The van der Waals surface area contributed by atoms with Crippen molar-refractivity contribution in [3.05, 3.63) is 70.7 Å². The van der Waals surface area contributed by atoms with Crippen molar-refractivity contribution in [2.24, 2.45) is 10.2 Å². The number of rotatable bonds is 3. The monoisotopic (exact) mass is 284 g/mol. The highest BCUT2D eigenvalue weighted by Crippen LogP contribution is 2.30. The highest BCUT2D eigenvalue weighted by molar-refractivity contribution is 6.30. The van der Waals surface area contributed by atoms with Crippen molar-refractivity contribution in [3.63, 3.8) is 0 Å². The fourth-order valence-electron chi connectivity index (χ4n) is 2.41. The highest BCUT2D eigenvalue weighted by atomic mass is 35.5. The molecular formula is C16H13ClN2O. The maximum absolute atomic E-state index is 12.5. The third-order valence-electron chi connectivity index (χ3n) is 3.49. The number of hydrogen-bond donors (Lipinski definition) is 0. The van der Waals surface area contributed by atoms with Gasteiger partial charge in [0, 0.05) is 16.5 Å². The first-order chi connectivity index (χ1) is 9.75. The molecule has 0 radical (unpaired) electrons. The lowest BCUT2D eigenvalue weighted by molar-refractivity contribution is 0.0956. The Labute approximate surface area is 122 Å². The molecule has 100 valence electrons.